The number of amides is 1. The van der Waals surface area contributed by atoms with Gasteiger partial charge in [-0.1, -0.05) is 11.3 Å². The normalized spacial score (nSPS) is 18.6. The van der Waals surface area contributed by atoms with Crippen molar-refractivity contribution in [2.45, 2.75) is 13.3 Å². The predicted molar refractivity (Wildman–Crippen MR) is 93.8 cm³/mol. The number of fused-ring (bicyclic) bond motifs is 1. The van der Waals surface area contributed by atoms with Gasteiger partial charge in [-0.05, 0) is 37.6 Å². The molecule has 1 atom stereocenters. The Morgan fingerprint density at radius 3 is 3.17 bits per heavy atom. The lowest BCUT2D eigenvalue weighted by molar-refractivity contribution is -0.119. The maximum absolute atomic E-state index is 12.5. The monoisotopic (exact) mass is 334 g/mol. The van der Waals surface area contributed by atoms with Gasteiger partial charge in [-0.15, -0.1) is 0 Å². The van der Waals surface area contributed by atoms with Crippen LogP contribution in [0.2, 0.25) is 0 Å². The first kappa shape index (κ1) is 16.2. The Bertz CT molecular complexity index is 715. The highest BCUT2D eigenvalue weighted by molar-refractivity contribution is 7.22. The molecule has 1 aliphatic heterocycles. The highest BCUT2D eigenvalue weighted by Crippen LogP contribution is 2.30. The summed E-state index contributed by atoms with van der Waals surface area (Å²) in [5.41, 5.74) is 8.53. The van der Waals surface area contributed by atoms with Gasteiger partial charge in [0.15, 0.2) is 5.13 Å². The van der Waals surface area contributed by atoms with Gasteiger partial charge < -0.3 is 20.7 Å². The number of nitrogens with zero attached hydrogens (tertiary/aromatic N) is 2. The van der Waals surface area contributed by atoms with E-state index in [0.717, 1.165) is 47.5 Å². The van der Waals surface area contributed by atoms with E-state index in [4.69, 9.17) is 10.5 Å². The Labute approximate surface area is 139 Å². The molecule has 1 saturated heterocycles. The number of aromatic nitrogens is 1. The number of nitrogens with one attached hydrogen (secondary N) is 1. The van der Waals surface area contributed by atoms with Gasteiger partial charge in [-0.25, -0.2) is 4.98 Å². The number of methoxy groups -OCH3 is 1. The predicted octanol–water partition coefficient (Wildman–Crippen LogP) is 2.09. The molecule has 1 aromatic heterocycles. The Balaban J connectivity index is 1.66. The summed E-state index contributed by atoms with van der Waals surface area (Å²) in [7, 11) is 1.70. The molecular formula is C16H22N4O2S. The number of anilines is 2. The zero-order chi connectivity index (χ0) is 16.4. The Kier molecular flexibility index (Phi) is 4.79. The molecule has 0 unspecified atom stereocenters. The second kappa shape index (κ2) is 6.82. The van der Waals surface area contributed by atoms with Crippen LogP contribution in [-0.4, -0.2) is 49.1 Å². The smallest absolute Gasteiger partial charge is 0.228 e. The van der Waals surface area contributed by atoms with E-state index in [1.807, 2.05) is 19.1 Å². The van der Waals surface area contributed by atoms with Gasteiger partial charge in [0, 0.05) is 25.9 Å². The molecule has 0 spiro atoms. The van der Waals surface area contributed by atoms with Crippen molar-refractivity contribution in [1.29, 1.82) is 0 Å². The third-order valence-electron chi connectivity index (χ3n) is 4.22. The standard InChI is InChI=1S/C16H22N4O2S/c1-10-7-12(8-13-14(10)19-16(17)23-13)18-15(21)11-3-4-20(9-11)5-6-22-2/h7-8,11H,3-6,9H2,1-2H3,(H2,17,19)(H,18,21)/t11-/m0/s1. The summed E-state index contributed by atoms with van der Waals surface area (Å²) in [5.74, 6) is 0.121. The molecule has 2 aromatic rings. The number of thiazole rings is 1. The van der Waals surface area contributed by atoms with Gasteiger partial charge in [0.25, 0.3) is 0 Å². The van der Waals surface area contributed by atoms with E-state index >= 15 is 0 Å². The molecule has 0 saturated carbocycles. The van der Waals surface area contributed by atoms with Gasteiger partial charge in [-0.3, -0.25) is 4.79 Å². The Hall–Kier alpha value is -1.70. The number of carbonyl (C=O) groups excluding carboxylic acids is 1. The molecule has 1 aliphatic rings. The van der Waals surface area contributed by atoms with Gasteiger partial charge in [0.05, 0.1) is 22.7 Å². The number of benzene rings is 1. The van der Waals surface area contributed by atoms with Crippen molar-refractivity contribution in [3.63, 3.8) is 0 Å². The SMILES string of the molecule is COCCN1CC[C@H](C(=O)Nc2cc(C)c3nc(N)sc3c2)C1. The molecule has 1 aromatic carbocycles. The van der Waals surface area contributed by atoms with Crippen molar-refractivity contribution in [2.24, 2.45) is 5.92 Å². The van der Waals surface area contributed by atoms with Crippen molar-refractivity contribution in [2.75, 3.05) is 44.4 Å². The minimum absolute atomic E-state index is 0.0365. The van der Waals surface area contributed by atoms with E-state index in [9.17, 15) is 4.79 Å². The highest BCUT2D eigenvalue weighted by Gasteiger charge is 2.28. The van der Waals surface area contributed by atoms with Crippen LogP contribution < -0.4 is 11.1 Å². The second-order valence-electron chi connectivity index (χ2n) is 5.96. The topological polar surface area (TPSA) is 80.5 Å². The fourth-order valence-electron chi connectivity index (χ4n) is 3.00. The summed E-state index contributed by atoms with van der Waals surface area (Å²) >= 11 is 1.44. The van der Waals surface area contributed by atoms with Crippen molar-refractivity contribution in [3.05, 3.63) is 17.7 Å². The number of hydrogen-bond donors (Lipinski definition) is 2. The van der Waals surface area contributed by atoms with E-state index in [0.29, 0.717) is 11.7 Å². The van der Waals surface area contributed by atoms with Crippen molar-refractivity contribution < 1.29 is 9.53 Å². The molecule has 3 rings (SSSR count). The molecule has 1 fully saturated rings. The third-order valence-corrected chi connectivity index (χ3v) is 5.06. The van der Waals surface area contributed by atoms with Crippen LogP contribution in [0, 0.1) is 12.8 Å². The summed E-state index contributed by atoms with van der Waals surface area (Å²) < 4.78 is 6.10. The first-order chi connectivity index (χ1) is 11.1. The number of likely N-dealkylation sites (tertiary alicyclic amines) is 1. The second-order valence-corrected chi connectivity index (χ2v) is 7.02. The van der Waals surface area contributed by atoms with Crippen molar-refractivity contribution in [1.82, 2.24) is 9.88 Å². The van der Waals surface area contributed by atoms with Gasteiger partial charge in [-0.2, -0.15) is 0 Å². The maximum atomic E-state index is 12.5. The zero-order valence-corrected chi connectivity index (χ0v) is 14.3. The first-order valence-corrected chi connectivity index (χ1v) is 8.57. The lowest BCUT2D eigenvalue weighted by atomic mass is 10.1. The first-order valence-electron chi connectivity index (χ1n) is 7.75. The highest BCUT2D eigenvalue weighted by atomic mass is 32.1. The number of hydrogen-bond acceptors (Lipinski definition) is 6. The van der Waals surface area contributed by atoms with Crippen LogP contribution in [0.3, 0.4) is 0 Å². The van der Waals surface area contributed by atoms with Crippen LogP contribution in [0.4, 0.5) is 10.8 Å². The molecule has 3 N–H and O–H groups in total. The number of nitrogens with two attached hydrogens (primary N) is 1. The minimum atomic E-state index is 0.0365. The molecule has 2 heterocycles. The molecule has 6 nitrogen and oxygen atoms in total. The molecule has 124 valence electrons. The van der Waals surface area contributed by atoms with Gasteiger partial charge >= 0.3 is 0 Å². The Morgan fingerprint density at radius 2 is 2.39 bits per heavy atom. The van der Waals surface area contributed by atoms with E-state index in [1.54, 1.807) is 7.11 Å². The van der Waals surface area contributed by atoms with E-state index in [-0.39, 0.29) is 11.8 Å². The van der Waals surface area contributed by atoms with Gasteiger partial charge in [0.2, 0.25) is 5.91 Å². The Morgan fingerprint density at radius 1 is 1.57 bits per heavy atom. The lowest BCUT2D eigenvalue weighted by Gasteiger charge is -2.15. The third kappa shape index (κ3) is 3.63. The van der Waals surface area contributed by atoms with Crippen LogP contribution in [0.1, 0.15) is 12.0 Å². The minimum Gasteiger partial charge on any atom is -0.383 e. The van der Waals surface area contributed by atoms with E-state index in [1.165, 1.54) is 11.3 Å². The summed E-state index contributed by atoms with van der Waals surface area (Å²) in [4.78, 5) is 19.1. The molecule has 1 amide bonds. The molecule has 0 aliphatic carbocycles. The number of ether oxygens (including phenoxy) is 1. The summed E-state index contributed by atoms with van der Waals surface area (Å²) in [6, 6.07) is 3.91. The molecule has 0 bridgehead atoms. The molecule has 7 heteroatoms. The number of aryl methyl sites for hydroxylation is 1. The fourth-order valence-corrected chi connectivity index (χ4v) is 3.85. The fraction of sp³-hybridized carbons (Fsp3) is 0.500. The zero-order valence-electron chi connectivity index (χ0n) is 13.5. The van der Waals surface area contributed by atoms with Crippen LogP contribution >= 0.6 is 11.3 Å². The average molecular weight is 334 g/mol. The van der Waals surface area contributed by atoms with Gasteiger partial charge in [0.1, 0.15) is 0 Å². The van der Waals surface area contributed by atoms with E-state index in [2.05, 4.69) is 15.2 Å². The quantitative estimate of drug-likeness (QED) is 0.875. The number of rotatable bonds is 5. The molecule has 0 radical (unpaired) electrons. The lowest BCUT2D eigenvalue weighted by Crippen LogP contribution is -2.29. The van der Waals surface area contributed by atoms with Crippen LogP contribution in [0.15, 0.2) is 12.1 Å². The summed E-state index contributed by atoms with van der Waals surface area (Å²) in [5, 5.41) is 3.60. The average Bonchev–Trinajstić information content (AvgIpc) is 3.11. The molecule has 23 heavy (non-hydrogen) atoms. The van der Waals surface area contributed by atoms with Crippen LogP contribution in [-0.2, 0) is 9.53 Å². The van der Waals surface area contributed by atoms with E-state index < -0.39 is 0 Å². The maximum Gasteiger partial charge on any atom is 0.228 e. The number of nitrogen functional groups attached to an aromatic ring is 1. The van der Waals surface area contributed by atoms with Crippen molar-refractivity contribution in [3.8, 4) is 0 Å². The number of carbonyl (C=O) groups is 1. The van der Waals surface area contributed by atoms with Crippen LogP contribution in [0.5, 0.6) is 0 Å². The molecular weight excluding hydrogens is 312 g/mol. The summed E-state index contributed by atoms with van der Waals surface area (Å²) in [6.45, 7) is 5.32. The van der Waals surface area contributed by atoms with Crippen molar-refractivity contribution >= 4 is 38.3 Å². The largest absolute Gasteiger partial charge is 0.383 e. The summed E-state index contributed by atoms with van der Waals surface area (Å²) in [6.07, 6.45) is 0.893. The van der Waals surface area contributed by atoms with Crippen LogP contribution in [0.25, 0.3) is 10.2 Å².